The number of anilines is 1. The first-order valence-electron chi connectivity index (χ1n) is 6.12. The summed E-state index contributed by atoms with van der Waals surface area (Å²) in [7, 11) is 2.14. The monoisotopic (exact) mass is 219 g/mol. The number of nitrogens with two attached hydrogens (primary N) is 1. The summed E-state index contributed by atoms with van der Waals surface area (Å²) < 4.78 is 0. The van der Waals surface area contributed by atoms with Crippen LogP contribution in [0.25, 0.3) is 0 Å². The molecule has 0 bridgehead atoms. The molecule has 0 atom stereocenters. The molecule has 1 aromatic rings. The van der Waals surface area contributed by atoms with Gasteiger partial charge in [0.25, 0.3) is 0 Å². The van der Waals surface area contributed by atoms with Crippen molar-refractivity contribution in [3.05, 3.63) is 24.5 Å². The Morgan fingerprint density at radius 2 is 2.12 bits per heavy atom. The van der Waals surface area contributed by atoms with Crippen LogP contribution >= 0.6 is 0 Å². The van der Waals surface area contributed by atoms with E-state index in [-0.39, 0.29) is 0 Å². The number of rotatable bonds is 3. The number of aromatic nitrogens is 1. The predicted molar refractivity (Wildman–Crippen MR) is 67.4 cm³/mol. The van der Waals surface area contributed by atoms with Gasteiger partial charge in [-0.3, -0.25) is 4.98 Å². The summed E-state index contributed by atoms with van der Waals surface area (Å²) in [5, 5.41) is 0. The molecular formula is C13H21N3. The molecule has 0 radical (unpaired) electrons. The molecule has 3 heteroatoms. The second-order valence-corrected chi connectivity index (χ2v) is 4.87. The van der Waals surface area contributed by atoms with Gasteiger partial charge in [-0.1, -0.05) is 0 Å². The number of nitrogens with zero attached hydrogens (tertiary/aromatic N) is 2. The van der Waals surface area contributed by atoms with E-state index in [0.29, 0.717) is 6.04 Å². The minimum atomic E-state index is 0.444. The molecule has 3 nitrogen and oxygen atoms in total. The van der Waals surface area contributed by atoms with Crippen LogP contribution in [0.4, 0.5) is 5.69 Å². The van der Waals surface area contributed by atoms with E-state index in [0.717, 1.165) is 12.5 Å². The van der Waals surface area contributed by atoms with Gasteiger partial charge in [0.05, 0.1) is 11.9 Å². The minimum Gasteiger partial charge on any atom is -0.373 e. The van der Waals surface area contributed by atoms with Crippen LogP contribution < -0.4 is 10.6 Å². The van der Waals surface area contributed by atoms with Crippen LogP contribution in [-0.4, -0.2) is 24.6 Å². The van der Waals surface area contributed by atoms with Crippen molar-refractivity contribution in [1.29, 1.82) is 0 Å². The summed E-state index contributed by atoms with van der Waals surface area (Å²) in [5.41, 5.74) is 7.12. The molecule has 1 aliphatic carbocycles. The summed E-state index contributed by atoms with van der Waals surface area (Å²) in [5.74, 6) is 0.796. The van der Waals surface area contributed by atoms with Gasteiger partial charge < -0.3 is 10.6 Å². The molecule has 0 spiro atoms. The Bertz CT molecular complexity index is 304. The van der Waals surface area contributed by atoms with Crippen LogP contribution in [0.5, 0.6) is 0 Å². The first-order valence-corrected chi connectivity index (χ1v) is 6.12. The summed E-state index contributed by atoms with van der Waals surface area (Å²) in [6.07, 6.45) is 8.65. The van der Waals surface area contributed by atoms with Crippen molar-refractivity contribution in [3.8, 4) is 0 Å². The largest absolute Gasteiger partial charge is 0.373 e. The van der Waals surface area contributed by atoms with Gasteiger partial charge in [0.2, 0.25) is 0 Å². The van der Waals surface area contributed by atoms with Crippen molar-refractivity contribution in [2.45, 2.75) is 31.7 Å². The van der Waals surface area contributed by atoms with Crippen LogP contribution in [0.15, 0.2) is 24.5 Å². The lowest BCUT2D eigenvalue weighted by atomic mass is 9.86. The average Bonchev–Trinajstić information content (AvgIpc) is 2.33. The number of hydrogen-bond donors (Lipinski definition) is 1. The van der Waals surface area contributed by atoms with Crippen molar-refractivity contribution in [2.75, 3.05) is 18.5 Å². The third-order valence-corrected chi connectivity index (χ3v) is 3.51. The zero-order chi connectivity index (χ0) is 11.4. The third-order valence-electron chi connectivity index (χ3n) is 3.51. The molecule has 1 aliphatic rings. The molecule has 0 amide bonds. The number of pyridine rings is 1. The maximum absolute atomic E-state index is 5.92. The van der Waals surface area contributed by atoms with E-state index in [1.807, 2.05) is 18.5 Å². The van der Waals surface area contributed by atoms with E-state index in [1.165, 1.54) is 31.4 Å². The molecule has 2 N–H and O–H groups in total. The van der Waals surface area contributed by atoms with Crippen molar-refractivity contribution in [2.24, 2.45) is 11.7 Å². The summed E-state index contributed by atoms with van der Waals surface area (Å²) >= 11 is 0. The Morgan fingerprint density at radius 3 is 2.75 bits per heavy atom. The molecule has 1 saturated carbocycles. The van der Waals surface area contributed by atoms with E-state index in [2.05, 4.69) is 23.0 Å². The van der Waals surface area contributed by atoms with Crippen LogP contribution in [-0.2, 0) is 0 Å². The Morgan fingerprint density at radius 1 is 1.38 bits per heavy atom. The van der Waals surface area contributed by atoms with Crippen molar-refractivity contribution in [3.63, 3.8) is 0 Å². The van der Waals surface area contributed by atoms with Gasteiger partial charge in [-0.2, -0.15) is 0 Å². The smallest absolute Gasteiger partial charge is 0.0550 e. The van der Waals surface area contributed by atoms with Gasteiger partial charge >= 0.3 is 0 Å². The van der Waals surface area contributed by atoms with Crippen molar-refractivity contribution >= 4 is 5.69 Å². The maximum atomic E-state index is 5.92. The number of hydrogen-bond acceptors (Lipinski definition) is 3. The molecule has 88 valence electrons. The van der Waals surface area contributed by atoms with Gasteiger partial charge in [-0.25, -0.2) is 0 Å². The molecule has 0 aliphatic heterocycles. The molecular weight excluding hydrogens is 198 g/mol. The van der Waals surface area contributed by atoms with Gasteiger partial charge in [0, 0.05) is 25.8 Å². The van der Waals surface area contributed by atoms with Crippen LogP contribution in [0.3, 0.4) is 0 Å². The molecule has 2 rings (SSSR count). The zero-order valence-corrected chi connectivity index (χ0v) is 9.97. The first kappa shape index (κ1) is 11.4. The molecule has 1 heterocycles. The average molecular weight is 219 g/mol. The molecule has 0 saturated heterocycles. The molecule has 16 heavy (non-hydrogen) atoms. The van der Waals surface area contributed by atoms with E-state index >= 15 is 0 Å². The third kappa shape index (κ3) is 2.95. The lowest BCUT2D eigenvalue weighted by molar-refractivity contribution is 0.330. The Labute approximate surface area is 97.7 Å². The van der Waals surface area contributed by atoms with E-state index < -0.39 is 0 Å². The Kier molecular flexibility index (Phi) is 3.78. The standard InChI is InChI=1S/C13H21N3/c1-16(13-3-2-8-15-9-13)10-11-4-6-12(14)7-5-11/h2-3,8-9,11-12H,4-7,10,14H2,1H3. The Balaban J connectivity index is 1.86. The summed E-state index contributed by atoms with van der Waals surface area (Å²) in [6, 6.07) is 4.55. The van der Waals surface area contributed by atoms with Gasteiger partial charge in [-0.05, 0) is 43.7 Å². The highest BCUT2D eigenvalue weighted by Gasteiger charge is 2.19. The lowest BCUT2D eigenvalue weighted by Crippen LogP contribution is -2.32. The highest BCUT2D eigenvalue weighted by atomic mass is 15.1. The molecule has 0 aromatic carbocycles. The van der Waals surface area contributed by atoms with Crippen LogP contribution in [0, 0.1) is 5.92 Å². The first-order chi connectivity index (χ1) is 7.75. The molecule has 1 aromatic heterocycles. The molecule has 1 fully saturated rings. The highest BCUT2D eigenvalue weighted by molar-refractivity contribution is 5.42. The van der Waals surface area contributed by atoms with Crippen LogP contribution in [0.2, 0.25) is 0 Å². The van der Waals surface area contributed by atoms with Gasteiger partial charge in [-0.15, -0.1) is 0 Å². The fourth-order valence-corrected chi connectivity index (χ4v) is 2.44. The quantitative estimate of drug-likeness (QED) is 0.846. The molecule has 0 unspecified atom stereocenters. The fraction of sp³-hybridized carbons (Fsp3) is 0.615. The predicted octanol–water partition coefficient (Wildman–Crippen LogP) is 2.04. The Hall–Kier alpha value is -1.09. The normalized spacial score (nSPS) is 25.4. The zero-order valence-electron chi connectivity index (χ0n) is 9.97. The van der Waals surface area contributed by atoms with E-state index in [9.17, 15) is 0 Å². The maximum Gasteiger partial charge on any atom is 0.0550 e. The second-order valence-electron chi connectivity index (χ2n) is 4.87. The SMILES string of the molecule is CN(CC1CCC(N)CC1)c1cccnc1. The lowest BCUT2D eigenvalue weighted by Gasteiger charge is -2.30. The van der Waals surface area contributed by atoms with Crippen molar-refractivity contribution < 1.29 is 0 Å². The minimum absolute atomic E-state index is 0.444. The van der Waals surface area contributed by atoms with Gasteiger partial charge in [0.15, 0.2) is 0 Å². The fourth-order valence-electron chi connectivity index (χ4n) is 2.44. The topological polar surface area (TPSA) is 42.1 Å². The summed E-state index contributed by atoms with van der Waals surface area (Å²) in [6.45, 7) is 1.12. The summed E-state index contributed by atoms with van der Waals surface area (Å²) in [4.78, 5) is 6.45. The van der Waals surface area contributed by atoms with E-state index in [4.69, 9.17) is 5.73 Å². The van der Waals surface area contributed by atoms with Crippen molar-refractivity contribution in [1.82, 2.24) is 4.98 Å². The highest BCUT2D eigenvalue weighted by Crippen LogP contribution is 2.25. The van der Waals surface area contributed by atoms with Gasteiger partial charge in [0.1, 0.15) is 0 Å². The van der Waals surface area contributed by atoms with E-state index in [1.54, 1.807) is 0 Å². The van der Waals surface area contributed by atoms with Crippen LogP contribution in [0.1, 0.15) is 25.7 Å². The second kappa shape index (κ2) is 5.30.